The highest BCUT2D eigenvalue weighted by Gasteiger charge is 2.25. The molecular formula is C32H32N8O3. The number of non-ortho nitro benzene ring substituents is 1. The van der Waals surface area contributed by atoms with Crippen molar-refractivity contribution in [3.05, 3.63) is 118 Å². The molecule has 0 aliphatic carbocycles. The van der Waals surface area contributed by atoms with E-state index in [2.05, 4.69) is 27.3 Å². The summed E-state index contributed by atoms with van der Waals surface area (Å²) < 4.78 is 1.93. The van der Waals surface area contributed by atoms with Gasteiger partial charge in [-0.1, -0.05) is 60.2 Å². The first-order chi connectivity index (χ1) is 20.9. The van der Waals surface area contributed by atoms with E-state index in [0.29, 0.717) is 67.8 Å². The maximum absolute atomic E-state index is 13.1. The molecule has 11 nitrogen and oxygen atoms in total. The van der Waals surface area contributed by atoms with Crippen LogP contribution >= 0.6 is 0 Å². The Bertz CT molecular complexity index is 1730. The molecule has 1 amide bonds. The second-order valence-corrected chi connectivity index (χ2v) is 10.6. The SMILES string of the molecule is Cc1ccc(C(=O)N2CCN(c3nc(NCCc4ccccc4)c4ncn(Cc5ccc([N+](=O)[O-])cc5)c4n3)CC2)cc1. The van der Waals surface area contributed by atoms with Crippen LogP contribution in [0.4, 0.5) is 17.5 Å². The summed E-state index contributed by atoms with van der Waals surface area (Å²) in [7, 11) is 0. The molecule has 1 aliphatic heterocycles. The quantitative estimate of drug-likeness (QED) is 0.198. The Kier molecular flexibility index (Phi) is 7.94. The monoisotopic (exact) mass is 576 g/mol. The fourth-order valence-corrected chi connectivity index (χ4v) is 5.19. The summed E-state index contributed by atoms with van der Waals surface area (Å²) in [5.74, 6) is 1.25. The molecule has 1 fully saturated rings. The summed E-state index contributed by atoms with van der Waals surface area (Å²) in [5, 5.41) is 14.6. The van der Waals surface area contributed by atoms with Crippen LogP contribution < -0.4 is 10.2 Å². The number of aryl methyl sites for hydroxylation is 1. The third-order valence-corrected chi connectivity index (χ3v) is 7.65. The number of fused-ring (bicyclic) bond motifs is 1. The standard InChI is InChI=1S/C32H32N8O3/c1-23-7-11-26(12-8-23)31(41)37-17-19-38(20-18-37)32-35-29(33-16-15-24-5-3-2-4-6-24)28-30(36-32)39(22-34-28)21-25-9-13-27(14-10-25)40(42)43/h2-14,22H,15-21H2,1H3,(H,33,35,36). The molecule has 1 saturated heterocycles. The van der Waals surface area contributed by atoms with Gasteiger partial charge in [-0.3, -0.25) is 14.9 Å². The van der Waals surface area contributed by atoms with Gasteiger partial charge in [0.25, 0.3) is 11.6 Å². The maximum atomic E-state index is 13.1. The van der Waals surface area contributed by atoms with Gasteiger partial charge in [-0.2, -0.15) is 9.97 Å². The van der Waals surface area contributed by atoms with Crippen LogP contribution in [0.25, 0.3) is 11.2 Å². The van der Waals surface area contributed by atoms with Crippen molar-refractivity contribution in [1.82, 2.24) is 24.4 Å². The number of benzene rings is 3. The van der Waals surface area contributed by atoms with Crippen LogP contribution in [0.2, 0.25) is 0 Å². The second-order valence-electron chi connectivity index (χ2n) is 10.6. The summed E-state index contributed by atoms with van der Waals surface area (Å²) in [6, 6.07) is 24.4. The van der Waals surface area contributed by atoms with Crippen LogP contribution in [0.15, 0.2) is 85.2 Å². The Morgan fingerprint density at radius 2 is 1.63 bits per heavy atom. The van der Waals surface area contributed by atoms with Crippen molar-refractivity contribution >= 4 is 34.5 Å². The molecule has 0 spiro atoms. The largest absolute Gasteiger partial charge is 0.368 e. The summed E-state index contributed by atoms with van der Waals surface area (Å²) in [6.45, 7) is 5.45. The van der Waals surface area contributed by atoms with Gasteiger partial charge in [0.1, 0.15) is 0 Å². The van der Waals surface area contributed by atoms with Crippen molar-refractivity contribution in [3.8, 4) is 0 Å². The zero-order chi connectivity index (χ0) is 29.8. The third-order valence-electron chi connectivity index (χ3n) is 7.65. The highest BCUT2D eigenvalue weighted by molar-refractivity contribution is 5.94. The number of imidazole rings is 1. The van der Waals surface area contributed by atoms with E-state index in [0.717, 1.165) is 17.5 Å². The lowest BCUT2D eigenvalue weighted by Crippen LogP contribution is -2.49. The first kappa shape index (κ1) is 27.8. The Morgan fingerprint density at radius 1 is 0.907 bits per heavy atom. The number of amides is 1. The Balaban J connectivity index is 1.24. The van der Waals surface area contributed by atoms with Gasteiger partial charge in [-0.05, 0) is 36.6 Å². The molecule has 5 aromatic rings. The van der Waals surface area contributed by atoms with Gasteiger partial charge in [-0.25, -0.2) is 4.98 Å². The molecule has 1 N–H and O–H groups in total. The number of nitro groups is 1. The number of anilines is 2. The Hall–Kier alpha value is -5.32. The number of carbonyl (C=O) groups is 1. The normalized spacial score (nSPS) is 13.3. The lowest BCUT2D eigenvalue weighted by atomic mass is 10.1. The molecule has 218 valence electrons. The number of hydrogen-bond donors (Lipinski definition) is 1. The lowest BCUT2D eigenvalue weighted by Gasteiger charge is -2.35. The number of hydrogen-bond acceptors (Lipinski definition) is 8. The molecule has 3 heterocycles. The van der Waals surface area contributed by atoms with Crippen LogP contribution in [0.5, 0.6) is 0 Å². The molecule has 0 unspecified atom stereocenters. The van der Waals surface area contributed by atoms with Crippen LogP contribution in [-0.2, 0) is 13.0 Å². The maximum Gasteiger partial charge on any atom is 0.269 e. The van der Waals surface area contributed by atoms with Gasteiger partial charge in [0, 0.05) is 50.4 Å². The van der Waals surface area contributed by atoms with Crippen LogP contribution in [0.1, 0.15) is 27.0 Å². The first-order valence-corrected chi connectivity index (χ1v) is 14.3. The fraction of sp³-hybridized carbons (Fsp3) is 0.250. The summed E-state index contributed by atoms with van der Waals surface area (Å²) in [5.41, 5.74) is 5.31. The average Bonchev–Trinajstić information content (AvgIpc) is 3.44. The Labute approximate surface area is 249 Å². The van der Waals surface area contributed by atoms with Gasteiger partial charge in [0.2, 0.25) is 5.95 Å². The van der Waals surface area contributed by atoms with Gasteiger partial charge in [0.15, 0.2) is 17.0 Å². The molecular weight excluding hydrogens is 544 g/mol. The average molecular weight is 577 g/mol. The zero-order valence-corrected chi connectivity index (χ0v) is 23.9. The topological polar surface area (TPSA) is 122 Å². The third kappa shape index (κ3) is 6.30. The molecule has 0 saturated carbocycles. The van der Waals surface area contributed by atoms with Crippen molar-refractivity contribution in [1.29, 1.82) is 0 Å². The van der Waals surface area contributed by atoms with Gasteiger partial charge in [-0.15, -0.1) is 0 Å². The summed E-state index contributed by atoms with van der Waals surface area (Å²) in [6.07, 6.45) is 2.55. The number of aromatic nitrogens is 4. The number of nitro benzene ring substituents is 1. The number of nitrogens with one attached hydrogen (secondary N) is 1. The lowest BCUT2D eigenvalue weighted by molar-refractivity contribution is -0.384. The van der Waals surface area contributed by atoms with Crippen molar-refractivity contribution in [3.63, 3.8) is 0 Å². The van der Waals surface area contributed by atoms with Gasteiger partial charge >= 0.3 is 0 Å². The highest BCUT2D eigenvalue weighted by Crippen LogP contribution is 2.25. The molecule has 43 heavy (non-hydrogen) atoms. The summed E-state index contributed by atoms with van der Waals surface area (Å²) >= 11 is 0. The predicted octanol–water partition coefficient (Wildman–Crippen LogP) is 4.71. The van der Waals surface area contributed by atoms with Crippen LogP contribution in [0, 0.1) is 17.0 Å². The number of rotatable bonds is 9. The van der Waals surface area contributed by atoms with Crippen molar-refractivity contribution in [2.45, 2.75) is 19.9 Å². The Morgan fingerprint density at radius 3 is 2.33 bits per heavy atom. The van der Waals surface area contributed by atoms with E-state index in [9.17, 15) is 14.9 Å². The highest BCUT2D eigenvalue weighted by atomic mass is 16.6. The second kappa shape index (κ2) is 12.3. The molecule has 6 rings (SSSR count). The van der Waals surface area contributed by atoms with E-state index < -0.39 is 4.92 Å². The van der Waals surface area contributed by atoms with E-state index in [1.54, 1.807) is 18.5 Å². The van der Waals surface area contributed by atoms with Crippen molar-refractivity contribution < 1.29 is 9.72 Å². The molecule has 0 atom stereocenters. The van der Waals surface area contributed by atoms with Crippen LogP contribution in [-0.4, -0.2) is 68.0 Å². The minimum atomic E-state index is -0.405. The summed E-state index contributed by atoms with van der Waals surface area (Å²) in [4.78, 5) is 42.2. The van der Waals surface area contributed by atoms with Gasteiger partial charge in [0.05, 0.1) is 17.8 Å². The van der Waals surface area contributed by atoms with E-state index in [4.69, 9.17) is 9.97 Å². The minimum absolute atomic E-state index is 0.0282. The first-order valence-electron chi connectivity index (χ1n) is 14.3. The van der Waals surface area contributed by atoms with Crippen molar-refractivity contribution in [2.75, 3.05) is 42.9 Å². The molecule has 1 aliphatic rings. The molecule has 3 aromatic carbocycles. The predicted molar refractivity (Wildman–Crippen MR) is 165 cm³/mol. The molecule has 0 radical (unpaired) electrons. The zero-order valence-electron chi connectivity index (χ0n) is 23.9. The molecule has 0 bridgehead atoms. The number of nitrogens with zero attached hydrogens (tertiary/aromatic N) is 7. The van der Waals surface area contributed by atoms with E-state index in [1.807, 2.05) is 58.9 Å². The molecule has 11 heteroatoms. The fourth-order valence-electron chi connectivity index (χ4n) is 5.19. The van der Waals surface area contributed by atoms with Crippen LogP contribution in [0.3, 0.4) is 0 Å². The number of carbonyl (C=O) groups excluding carboxylic acids is 1. The number of piperazine rings is 1. The van der Waals surface area contributed by atoms with Gasteiger partial charge < -0.3 is 19.7 Å². The van der Waals surface area contributed by atoms with E-state index >= 15 is 0 Å². The van der Waals surface area contributed by atoms with E-state index in [-0.39, 0.29) is 11.6 Å². The minimum Gasteiger partial charge on any atom is -0.368 e. The smallest absolute Gasteiger partial charge is 0.269 e. The van der Waals surface area contributed by atoms with Crippen molar-refractivity contribution in [2.24, 2.45) is 0 Å². The van der Waals surface area contributed by atoms with E-state index in [1.165, 1.54) is 17.7 Å². The molecule has 2 aromatic heterocycles.